The van der Waals surface area contributed by atoms with Crippen LogP contribution in [0.25, 0.3) is 0 Å². The van der Waals surface area contributed by atoms with Gasteiger partial charge in [-0.25, -0.2) is 8.42 Å². The first-order chi connectivity index (χ1) is 9.66. The van der Waals surface area contributed by atoms with E-state index in [2.05, 4.69) is 5.43 Å². The van der Waals surface area contributed by atoms with Crippen molar-refractivity contribution in [1.29, 1.82) is 0 Å². The van der Waals surface area contributed by atoms with Crippen LogP contribution in [-0.2, 0) is 10.0 Å². The Morgan fingerprint density at radius 1 is 1.48 bits per heavy atom. The van der Waals surface area contributed by atoms with Crippen molar-refractivity contribution in [3.8, 4) is 0 Å². The van der Waals surface area contributed by atoms with Gasteiger partial charge in [-0.3, -0.25) is 16.0 Å². The lowest BCUT2D eigenvalue weighted by atomic mass is 10.2. The largest absolute Gasteiger partial charge is 0.318 e. The number of nitro groups is 1. The molecule has 0 fully saturated rings. The van der Waals surface area contributed by atoms with Crippen LogP contribution >= 0.6 is 0 Å². The Morgan fingerprint density at radius 2 is 2.05 bits per heavy atom. The fraction of sp³-hybridized carbons (Fsp3) is 0.500. The summed E-state index contributed by atoms with van der Waals surface area (Å²) in [5.74, 6) is 5.23. The van der Waals surface area contributed by atoms with Crippen LogP contribution in [-0.4, -0.2) is 30.7 Å². The summed E-state index contributed by atoms with van der Waals surface area (Å²) in [6.45, 7) is 5.21. The van der Waals surface area contributed by atoms with Gasteiger partial charge in [-0.2, -0.15) is 4.31 Å². The third-order valence-corrected chi connectivity index (χ3v) is 5.63. The molecule has 9 heteroatoms. The first-order valence-corrected chi connectivity index (χ1v) is 7.84. The SMILES string of the molecule is CCC(C)N(C)S(=O)(=O)c1cc([N+](=O)[O-])c(NN)cc1C. The van der Waals surface area contributed by atoms with Gasteiger partial charge in [-0.05, 0) is 31.9 Å². The Hall–Kier alpha value is -1.71. The molecule has 0 bridgehead atoms. The van der Waals surface area contributed by atoms with Crippen LogP contribution in [0.2, 0.25) is 0 Å². The number of hydrogen-bond donors (Lipinski definition) is 2. The highest BCUT2D eigenvalue weighted by Crippen LogP contribution is 2.31. The standard InChI is InChI=1S/C12H20N4O4S/c1-5-9(3)15(4)21(19,20)12-7-11(16(17)18)10(14-13)6-8(12)2/h6-7,9,14H,5,13H2,1-4H3. The second kappa shape index (κ2) is 6.37. The Balaban J connectivity index is 3.50. The number of nitrogens with one attached hydrogen (secondary N) is 1. The average molecular weight is 316 g/mol. The van der Waals surface area contributed by atoms with Gasteiger partial charge in [0.1, 0.15) is 5.69 Å². The highest BCUT2D eigenvalue weighted by atomic mass is 32.2. The molecule has 21 heavy (non-hydrogen) atoms. The van der Waals surface area contributed by atoms with Crippen molar-refractivity contribution in [2.45, 2.75) is 38.1 Å². The number of hydrogen-bond acceptors (Lipinski definition) is 6. The van der Waals surface area contributed by atoms with Gasteiger partial charge in [-0.15, -0.1) is 0 Å². The monoisotopic (exact) mass is 316 g/mol. The van der Waals surface area contributed by atoms with Gasteiger partial charge >= 0.3 is 0 Å². The number of hydrazine groups is 1. The third-order valence-electron chi connectivity index (χ3n) is 3.51. The van der Waals surface area contributed by atoms with E-state index in [4.69, 9.17) is 5.84 Å². The Kier molecular flexibility index (Phi) is 5.26. The highest BCUT2D eigenvalue weighted by Gasteiger charge is 2.29. The van der Waals surface area contributed by atoms with Crippen molar-refractivity contribution in [2.24, 2.45) is 5.84 Å². The summed E-state index contributed by atoms with van der Waals surface area (Å²) in [5, 5.41) is 11.0. The molecule has 0 aliphatic heterocycles. The number of nitrogens with zero attached hydrogens (tertiary/aromatic N) is 2. The fourth-order valence-electron chi connectivity index (χ4n) is 1.87. The van der Waals surface area contributed by atoms with Crippen molar-refractivity contribution in [2.75, 3.05) is 12.5 Å². The van der Waals surface area contributed by atoms with E-state index in [9.17, 15) is 18.5 Å². The number of nitrogen functional groups attached to an aromatic ring is 1. The second-order valence-corrected chi connectivity index (χ2v) is 6.78. The van der Waals surface area contributed by atoms with Crippen LogP contribution < -0.4 is 11.3 Å². The summed E-state index contributed by atoms with van der Waals surface area (Å²) in [4.78, 5) is 10.3. The Bertz CT molecular complexity index is 645. The molecule has 0 aliphatic carbocycles. The number of aryl methyl sites for hydroxylation is 1. The molecule has 0 heterocycles. The predicted octanol–water partition coefficient (Wildman–Crippen LogP) is 1.61. The smallest absolute Gasteiger partial charge is 0.295 e. The lowest BCUT2D eigenvalue weighted by Gasteiger charge is -2.24. The molecule has 1 atom stereocenters. The Morgan fingerprint density at radius 3 is 2.48 bits per heavy atom. The van der Waals surface area contributed by atoms with Crippen LogP contribution in [0.1, 0.15) is 25.8 Å². The minimum Gasteiger partial charge on any atom is -0.318 e. The molecule has 0 spiro atoms. The molecule has 0 aromatic heterocycles. The van der Waals surface area contributed by atoms with Gasteiger partial charge in [0.05, 0.1) is 9.82 Å². The van der Waals surface area contributed by atoms with Crippen LogP contribution in [0.5, 0.6) is 0 Å². The maximum absolute atomic E-state index is 12.6. The van der Waals surface area contributed by atoms with E-state index in [1.54, 1.807) is 13.8 Å². The maximum atomic E-state index is 12.6. The van der Waals surface area contributed by atoms with Crippen LogP contribution in [0.4, 0.5) is 11.4 Å². The lowest BCUT2D eigenvalue weighted by Crippen LogP contribution is -2.35. The zero-order valence-corrected chi connectivity index (χ0v) is 13.3. The van der Waals surface area contributed by atoms with Gasteiger partial charge in [0, 0.05) is 19.2 Å². The van der Waals surface area contributed by atoms with E-state index in [0.29, 0.717) is 12.0 Å². The number of nitro benzene ring substituents is 1. The number of anilines is 1. The zero-order chi connectivity index (χ0) is 16.4. The average Bonchev–Trinajstić information content (AvgIpc) is 2.44. The summed E-state index contributed by atoms with van der Waals surface area (Å²) in [5.41, 5.74) is 2.30. The molecule has 0 amide bonds. The topological polar surface area (TPSA) is 119 Å². The first kappa shape index (κ1) is 17.3. The molecule has 118 valence electrons. The summed E-state index contributed by atoms with van der Waals surface area (Å²) in [7, 11) is -2.34. The molecule has 3 N–H and O–H groups in total. The predicted molar refractivity (Wildman–Crippen MR) is 80.3 cm³/mol. The minimum atomic E-state index is -3.80. The molecule has 0 radical (unpaired) electrons. The van der Waals surface area contributed by atoms with Gasteiger partial charge in [0.2, 0.25) is 10.0 Å². The number of sulfonamides is 1. The van der Waals surface area contributed by atoms with Crippen LogP contribution in [0.3, 0.4) is 0 Å². The minimum absolute atomic E-state index is 0.0719. The number of rotatable bonds is 6. The molecule has 0 saturated carbocycles. The number of nitrogens with two attached hydrogens (primary N) is 1. The van der Waals surface area contributed by atoms with Crippen molar-refractivity contribution in [1.82, 2.24) is 4.31 Å². The van der Waals surface area contributed by atoms with E-state index >= 15 is 0 Å². The van der Waals surface area contributed by atoms with Gasteiger partial charge in [0.25, 0.3) is 5.69 Å². The molecule has 1 unspecified atom stereocenters. The van der Waals surface area contributed by atoms with E-state index < -0.39 is 14.9 Å². The van der Waals surface area contributed by atoms with Crippen molar-refractivity contribution in [3.05, 3.63) is 27.8 Å². The third kappa shape index (κ3) is 3.31. The number of benzene rings is 1. The summed E-state index contributed by atoms with van der Waals surface area (Å²) in [6, 6.07) is 2.19. The van der Waals surface area contributed by atoms with E-state index in [1.165, 1.54) is 17.4 Å². The second-order valence-electron chi connectivity index (χ2n) is 4.81. The molecule has 1 aromatic carbocycles. The molecule has 8 nitrogen and oxygen atoms in total. The quantitative estimate of drug-likeness (QED) is 0.467. The lowest BCUT2D eigenvalue weighted by molar-refractivity contribution is -0.384. The summed E-state index contributed by atoms with van der Waals surface area (Å²) < 4.78 is 26.4. The molecular formula is C12H20N4O4S. The highest BCUT2D eigenvalue weighted by molar-refractivity contribution is 7.89. The summed E-state index contributed by atoms with van der Waals surface area (Å²) >= 11 is 0. The molecule has 1 aromatic rings. The fourth-order valence-corrected chi connectivity index (χ4v) is 3.53. The van der Waals surface area contributed by atoms with Crippen molar-refractivity contribution in [3.63, 3.8) is 0 Å². The van der Waals surface area contributed by atoms with Gasteiger partial charge in [0.15, 0.2) is 0 Å². The Labute approximate surface area is 124 Å². The summed E-state index contributed by atoms with van der Waals surface area (Å²) in [6.07, 6.45) is 0.638. The van der Waals surface area contributed by atoms with Crippen LogP contribution in [0, 0.1) is 17.0 Å². The normalized spacial score (nSPS) is 13.2. The van der Waals surface area contributed by atoms with Gasteiger partial charge < -0.3 is 5.43 Å². The van der Waals surface area contributed by atoms with E-state index in [0.717, 1.165) is 6.07 Å². The maximum Gasteiger partial charge on any atom is 0.295 e. The first-order valence-electron chi connectivity index (χ1n) is 6.40. The van der Waals surface area contributed by atoms with E-state index in [-0.39, 0.29) is 22.3 Å². The van der Waals surface area contributed by atoms with Gasteiger partial charge in [-0.1, -0.05) is 6.92 Å². The van der Waals surface area contributed by atoms with Crippen molar-refractivity contribution < 1.29 is 13.3 Å². The molecule has 1 rings (SSSR count). The van der Waals surface area contributed by atoms with Crippen LogP contribution in [0.15, 0.2) is 17.0 Å². The van der Waals surface area contributed by atoms with E-state index in [1.807, 2.05) is 6.92 Å². The molecular weight excluding hydrogens is 296 g/mol. The zero-order valence-electron chi connectivity index (χ0n) is 12.5. The van der Waals surface area contributed by atoms with Crippen molar-refractivity contribution >= 4 is 21.4 Å². The molecule has 0 saturated heterocycles. The molecule has 0 aliphatic rings.